The Morgan fingerprint density at radius 1 is 1.04 bits per heavy atom. The molecule has 1 aromatic carbocycles. The maximum Gasteiger partial charge on any atom is 0.249 e. The van der Waals surface area contributed by atoms with Gasteiger partial charge < -0.3 is 4.42 Å². The molecule has 0 radical (unpaired) electrons. The van der Waals surface area contributed by atoms with Gasteiger partial charge in [0.25, 0.3) is 0 Å². The van der Waals surface area contributed by atoms with E-state index in [1.165, 1.54) is 5.56 Å². The van der Waals surface area contributed by atoms with Crippen molar-refractivity contribution in [3.63, 3.8) is 0 Å². The fourth-order valence-electron chi connectivity index (χ4n) is 2.92. The summed E-state index contributed by atoms with van der Waals surface area (Å²) in [4.78, 5) is 6.18. The molecule has 0 spiro atoms. The number of hydrogen-bond donors (Lipinski definition) is 0. The molecule has 0 fully saturated rings. The van der Waals surface area contributed by atoms with Gasteiger partial charge in [0.1, 0.15) is 0 Å². The number of rotatable bonds is 6. The number of aryl methyl sites for hydroxylation is 1. The third-order valence-electron chi connectivity index (χ3n) is 4.23. The molecule has 4 rings (SSSR count). The van der Waals surface area contributed by atoms with Crippen molar-refractivity contribution in [2.75, 3.05) is 7.05 Å². The molecule has 0 aliphatic heterocycles. The summed E-state index contributed by atoms with van der Waals surface area (Å²) in [5, 5.41) is 12.7. The third kappa shape index (κ3) is 3.93. The normalized spacial score (nSPS) is 11.2. The molecule has 0 unspecified atom stereocenters. The number of para-hydroxylation sites is 1. The largest absolute Gasteiger partial charge is 0.419 e. The number of pyridine rings is 1. The zero-order chi connectivity index (χ0) is 18.6. The van der Waals surface area contributed by atoms with Crippen molar-refractivity contribution in [3.05, 3.63) is 78.2 Å². The summed E-state index contributed by atoms with van der Waals surface area (Å²) in [5.41, 5.74) is 4.21. The monoisotopic (exact) mass is 360 g/mol. The molecule has 0 atom stereocenters. The first kappa shape index (κ1) is 17.1. The van der Waals surface area contributed by atoms with Crippen molar-refractivity contribution in [1.29, 1.82) is 0 Å². The zero-order valence-electron chi connectivity index (χ0n) is 15.3. The zero-order valence-corrected chi connectivity index (χ0v) is 15.3. The van der Waals surface area contributed by atoms with Gasteiger partial charge in [0.15, 0.2) is 0 Å². The molecule has 0 amide bonds. The minimum Gasteiger partial charge on any atom is -0.419 e. The highest BCUT2D eigenvalue weighted by molar-refractivity contribution is 5.49. The number of aromatic nitrogens is 5. The van der Waals surface area contributed by atoms with Crippen LogP contribution < -0.4 is 0 Å². The maximum absolute atomic E-state index is 5.74. The van der Waals surface area contributed by atoms with Crippen LogP contribution in [-0.4, -0.2) is 36.9 Å². The van der Waals surface area contributed by atoms with Gasteiger partial charge in [-0.2, -0.15) is 5.10 Å². The molecule has 136 valence electrons. The standard InChI is InChI=1S/C20H20N6O/c1-15-6-3-4-8-18(15)26-13-16(10-22-26)12-25(2)14-19-23-24-20(27-19)17-7-5-9-21-11-17/h3-11,13H,12,14H2,1-2H3. The Bertz CT molecular complexity index is 1020. The minimum atomic E-state index is 0.485. The van der Waals surface area contributed by atoms with Crippen LogP contribution in [0.4, 0.5) is 0 Å². The van der Waals surface area contributed by atoms with E-state index < -0.39 is 0 Å². The molecule has 0 aliphatic rings. The second-order valence-corrected chi connectivity index (χ2v) is 6.49. The smallest absolute Gasteiger partial charge is 0.249 e. The second kappa shape index (κ2) is 7.51. The summed E-state index contributed by atoms with van der Waals surface area (Å²) in [7, 11) is 2.01. The first-order chi connectivity index (χ1) is 13.2. The van der Waals surface area contributed by atoms with Gasteiger partial charge in [-0.1, -0.05) is 18.2 Å². The van der Waals surface area contributed by atoms with Gasteiger partial charge in [0.05, 0.1) is 24.0 Å². The molecule has 4 aromatic rings. The quantitative estimate of drug-likeness (QED) is 0.525. The average molecular weight is 360 g/mol. The Hall–Kier alpha value is -3.32. The van der Waals surface area contributed by atoms with Gasteiger partial charge in [-0.25, -0.2) is 4.68 Å². The van der Waals surface area contributed by atoms with Crippen molar-refractivity contribution >= 4 is 0 Å². The Morgan fingerprint density at radius 3 is 2.74 bits per heavy atom. The maximum atomic E-state index is 5.74. The molecule has 0 aliphatic carbocycles. The van der Waals surface area contributed by atoms with Crippen molar-refractivity contribution in [3.8, 4) is 17.1 Å². The SMILES string of the molecule is Cc1ccccc1-n1cc(CN(C)Cc2nnc(-c3cccnc3)o2)cn1. The molecular weight excluding hydrogens is 340 g/mol. The molecule has 0 saturated heterocycles. The summed E-state index contributed by atoms with van der Waals surface area (Å²) in [6.45, 7) is 3.37. The minimum absolute atomic E-state index is 0.485. The fraction of sp³-hybridized carbons (Fsp3) is 0.200. The summed E-state index contributed by atoms with van der Waals surface area (Å²) >= 11 is 0. The van der Waals surface area contributed by atoms with E-state index >= 15 is 0 Å². The van der Waals surface area contributed by atoms with E-state index in [2.05, 4.69) is 44.2 Å². The fourth-order valence-corrected chi connectivity index (χ4v) is 2.92. The summed E-state index contributed by atoms with van der Waals surface area (Å²) < 4.78 is 7.65. The van der Waals surface area contributed by atoms with E-state index in [0.717, 1.165) is 23.4 Å². The highest BCUT2D eigenvalue weighted by Gasteiger charge is 2.12. The summed E-state index contributed by atoms with van der Waals surface area (Å²) in [5.74, 6) is 1.06. The number of benzene rings is 1. The van der Waals surface area contributed by atoms with Gasteiger partial charge in [0.2, 0.25) is 11.8 Å². The van der Waals surface area contributed by atoms with Crippen LogP contribution in [-0.2, 0) is 13.1 Å². The van der Waals surface area contributed by atoms with Gasteiger partial charge in [-0.05, 0) is 37.7 Å². The van der Waals surface area contributed by atoms with Crippen LogP contribution >= 0.6 is 0 Å². The van der Waals surface area contributed by atoms with E-state index in [1.807, 2.05) is 48.4 Å². The van der Waals surface area contributed by atoms with Crippen LogP contribution in [0.2, 0.25) is 0 Å². The van der Waals surface area contributed by atoms with Crippen LogP contribution in [0.3, 0.4) is 0 Å². The molecule has 0 N–H and O–H groups in total. The molecule has 7 nitrogen and oxygen atoms in total. The molecule has 7 heteroatoms. The lowest BCUT2D eigenvalue weighted by atomic mass is 10.2. The van der Waals surface area contributed by atoms with Gasteiger partial charge in [-0.15, -0.1) is 10.2 Å². The van der Waals surface area contributed by atoms with E-state index in [9.17, 15) is 0 Å². The Morgan fingerprint density at radius 2 is 1.93 bits per heavy atom. The second-order valence-electron chi connectivity index (χ2n) is 6.49. The van der Waals surface area contributed by atoms with Crippen LogP contribution in [0.5, 0.6) is 0 Å². The van der Waals surface area contributed by atoms with Gasteiger partial charge >= 0.3 is 0 Å². The molecule has 0 saturated carbocycles. The topological polar surface area (TPSA) is 72.9 Å². The van der Waals surface area contributed by atoms with E-state index in [0.29, 0.717) is 18.3 Å². The lowest BCUT2D eigenvalue weighted by Gasteiger charge is -2.12. The summed E-state index contributed by atoms with van der Waals surface area (Å²) in [6.07, 6.45) is 7.36. The number of nitrogens with zero attached hydrogens (tertiary/aromatic N) is 6. The molecule has 27 heavy (non-hydrogen) atoms. The average Bonchev–Trinajstić information content (AvgIpc) is 3.33. The Labute approximate surface area is 157 Å². The van der Waals surface area contributed by atoms with Crippen LogP contribution in [0.1, 0.15) is 17.0 Å². The van der Waals surface area contributed by atoms with E-state index in [-0.39, 0.29) is 0 Å². The van der Waals surface area contributed by atoms with Gasteiger partial charge in [-0.3, -0.25) is 9.88 Å². The molecule has 3 heterocycles. The van der Waals surface area contributed by atoms with Crippen LogP contribution in [0, 0.1) is 6.92 Å². The van der Waals surface area contributed by atoms with Crippen molar-refractivity contribution in [2.45, 2.75) is 20.0 Å². The van der Waals surface area contributed by atoms with Crippen molar-refractivity contribution in [1.82, 2.24) is 29.9 Å². The molecular formula is C20H20N6O. The number of hydrogen-bond acceptors (Lipinski definition) is 6. The van der Waals surface area contributed by atoms with E-state index in [1.54, 1.807) is 12.4 Å². The highest BCUT2D eigenvalue weighted by Crippen LogP contribution is 2.17. The summed E-state index contributed by atoms with van der Waals surface area (Å²) in [6, 6.07) is 11.9. The van der Waals surface area contributed by atoms with Crippen LogP contribution in [0.15, 0.2) is 65.6 Å². The Kier molecular flexibility index (Phi) is 4.76. The molecule has 0 bridgehead atoms. The van der Waals surface area contributed by atoms with Crippen molar-refractivity contribution in [2.24, 2.45) is 0 Å². The third-order valence-corrected chi connectivity index (χ3v) is 4.23. The van der Waals surface area contributed by atoms with Gasteiger partial charge in [0, 0.05) is 30.7 Å². The Balaban J connectivity index is 1.41. The highest BCUT2D eigenvalue weighted by atomic mass is 16.4. The van der Waals surface area contributed by atoms with Crippen LogP contribution in [0.25, 0.3) is 17.1 Å². The van der Waals surface area contributed by atoms with E-state index in [4.69, 9.17) is 4.42 Å². The first-order valence-corrected chi connectivity index (χ1v) is 8.70. The van der Waals surface area contributed by atoms with Crippen molar-refractivity contribution < 1.29 is 4.42 Å². The lowest BCUT2D eigenvalue weighted by Crippen LogP contribution is -2.17. The first-order valence-electron chi connectivity index (χ1n) is 8.70. The lowest BCUT2D eigenvalue weighted by molar-refractivity contribution is 0.283. The molecule has 3 aromatic heterocycles. The predicted octanol–water partition coefficient (Wildman–Crippen LogP) is 3.26. The predicted molar refractivity (Wildman–Crippen MR) is 101 cm³/mol.